The molecule has 9 heteroatoms. The minimum atomic E-state index is -6.00. The fourth-order valence-electron chi connectivity index (χ4n) is 3.67. The van der Waals surface area contributed by atoms with Gasteiger partial charge in [-0.25, -0.2) is 0 Å². The molecule has 184 valence electrons. The van der Waals surface area contributed by atoms with Gasteiger partial charge in [0.2, 0.25) is 0 Å². The molecular weight excluding hydrogens is 551 g/mol. The third-order valence-electron chi connectivity index (χ3n) is 5.64. The molecular formula is C23H40BF4PRuSi2. The minimum absolute atomic E-state index is 0. The molecule has 1 aromatic heterocycles. The Bertz CT molecular complexity index is 786. The summed E-state index contributed by atoms with van der Waals surface area (Å²) in [7, 11) is -6.74. The number of hydrogen-bond acceptors (Lipinski definition) is 0. The first kappa shape index (κ1) is 34.1. The van der Waals surface area contributed by atoms with E-state index in [1.807, 2.05) is 0 Å². The van der Waals surface area contributed by atoms with Crippen molar-refractivity contribution in [3.05, 3.63) is 45.4 Å². The summed E-state index contributed by atoms with van der Waals surface area (Å²) in [6, 6.07) is 2.43. The van der Waals surface area contributed by atoms with Crippen LogP contribution in [0, 0.1) is 19.8 Å². The summed E-state index contributed by atoms with van der Waals surface area (Å²) in [4.78, 5) is 3.49. The molecule has 0 amide bonds. The zero-order chi connectivity index (χ0) is 25.1. The normalized spacial score (nSPS) is 15.0. The van der Waals surface area contributed by atoms with Crippen molar-refractivity contribution in [2.45, 2.75) is 87.7 Å². The maximum atomic E-state index is 9.75. The van der Waals surface area contributed by atoms with Crippen LogP contribution in [0.1, 0.15) is 45.7 Å². The average Bonchev–Trinajstić information content (AvgIpc) is 2.69. The van der Waals surface area contributed by atoms with Gasteiger partial charge in [0.05, 0.1) is 16.1 Å². The number of hydrogen-bond donors (Lipinski definition) is 0. The Morgan fingerprint density at radius 2 is 0.844 bits per heavy atom. The van der Waals surface area contributed by atoms with Gasteiger partial charge in [-0.3, -0.25) is 0 Å². The van der Waals surface area contributed by atoms with Gasteiger partial charge in [-0.2, -0.15) is 0 Å². The SMILES string of the molecule is C[C]1C(C)=C(C)C(C)=C1C.Cc1cc(C)c([Si](C)(C)C)pc1[Si](C)(C)C.F[B-](F)(F)F.[Ru+]. The Balaban J connectivity index is 0. The maximum absolute atomic E-state index is 9.75. The molecule has 1 aromatic rings. The molecule has 0 spiro atoms. The van der Waals surface area contributed by atoms with Gasteiger partial charge in [0.15, 0.2) is 0 Å². The van der Waals surface area contributed by atoms with Crippen LogP contribution in [-0.2, 0) is 19.5 Å². The van der Waals surface area contributed by atoms with E-state index in [0.29, 0.717) is 0 Å². The van der Waals surface area contributed by atoms with Gasteiger partial charge in [0.25, 0.3) is 0 Å². The van der Waals surface area contributed by atoms with E-state index in [0.717, 1.165) is 0 Å². The van der Waals surface area contributed by atoms with Crippen LogP contribution in [-0.4, -0.2) is 23.4 Å². The van der Waals surface area contributed by atoms with Gasteiger partial charge in [-0.15, -0.1) is 0 Å². The third-order valence-corrected chi connectivity index (χ3v) is 15.1. The van der Waals surface area contributed by atoms with E-state index >= 15 is 0 Å². The second kappa shape index (κ2) is 12.6. The van der Waals surface area contributed by atoms with E-state index in [1.165, 1.54) is 28.2 Å². The second-order valence-electron chi connectivity index (χ2n) is 10.4. The fourth-order valence-corrected chi connectivity index (χ4v) is 10.6. The van der Waals surface area contributed by atoms with Crippen LogP contribution < -0.4 is 9.84 Å². The summed E-state index contributed by atoms with van der Waals surface area (Å²) in [5.74, 6) is 1.47. The molecule has 1 heterocycles. The predicted molar refractivity (Wildman–Crippen MR) is 140 cm³/mol. The quantitative estimate of drug-likeness (QED) is 0.239. The van der Waals surface area contributed by atoms with Crippen molar-refractivity contribution in [3.8, 4) is 0 Å². The van der Waals surface area contributed by atoms with Crippen molar-refractivity contribution >= 4 is 41.4 Å². The van der Waals surface area contributed by atoms with Crippen molar-refractivity contribution < 1.29 is 36.7 Å². The molecule has 1 aliphatic rings. The number of rotatable bonds is 2. The molecule has 0 unspecified atom stereocenters. The molecule has 0 saturated heterocycles. The van der Waals surface area contributed by atoms with Crippen molar-refractivity contribution in [3.63, 3.8) is 0 Å². The molecule has 1 aliphatic carbocycles. The van der Waals surface area contributed by atoms with Crippen molar-refractivity contribution in [1.29, 1.82) is 0 Å². The molecule has 0 saturated carbocycles. The number of allylic oxidation sites excluding steroid dienone is 4. The summed E-state index contributed by atoms with van der Waals surface area (Å²) in [5.41, 5.74) is 8.95. The monoisotopic (exact) mass is 592 g/mol. The van der Waals surface area contributed by atoms with Crippen LogP contribution in [0.3, 0.4) is 0 Å². The third kappa shape index (κ3) is 10.9. The van der Waals surface area contributed by atoms with Gasteiger partial charge in [0.1, 0.15) is 0 Å². The second-order valence-corrected chi connectivity index (χ2v) is 22.4. The van der Waals surface area contributed by atoms with Crippen LogP contribution >= 0.6 is 8.19 Å². The summed E-state index contributed by atoms with van der Waals surface area (Å²) in [6.07, 6.45) is 0. The van der Waals surface area contributed by atoms with E-state index in [2.05, 4.69) is 93.8 Å². The van der Waals surface area contributed by atoms with Gasteiger partial charge in [-0.05, 0) is 73.7 Å². The molecule has 2 rings (SSSR count). The zero-order valence-electron chi connectivity index (χ0n) is 22.0. The number of halogens is 4. The first-order valence-electron chi connectivity index (χ1n) is 10.6. The van der Waals surface area contributed by atoms with Crippen molar-refractivity contribution in [1.82, 2.24) is 0 Å². The topological polar surface area (TPSA) is 0 Å². The molecule has 0 fully saturated rings. The Kier molecular flexibility index (Phi) is 13.5. The Hall–Kier alpha value is -0.0279. The largest absolute Gasteiger partial charge is 1.00 e. The number of aryl methyl sites for hydroxylation is 2. The summed E-state index contributed by atoms with van der Waals surface area (Å²) in [6.45, 7) is 30.4. The van der Waals surface area contributed by atoms with Crippen LogP contribution in [0.4, 0.5) is 17.3 Å². The molecule has 0 N–H and O–H groups in total. The van der Waals surface area contributed by atoms with Crippen LogP contribution in [0.2, 0.25) is 39.3 Å². The Morgan fingerprint density at radius 1 is 0.594 bits per heavy atom. The standard InChI is InChI=1S/C13H25PSi2.C10H15.BF4.Ru/c1-10-9-11(2)13(16(6,7)8)14-12(10)15(3,4)5;1-6-7(2)9(4)10(5)8(6)3;2-1(3,4)5;/h9H,1-8H3;1-5H3;;/q;;-1;+1. The first-order chi connectivity index (χ1) is 13.6. The van der Waals surface area contributed by atoms with Gasteiger partial charge < -0.3 is 17.3 Å². The fraction of sp³-hybridized carbons (Fsp3) is 0.565. The molecule has 0 bridgehead atoms. The van der Waals surface area contributed by atoms with Gasteiger partial charge in [0, 0.05) is 5.92 Å². The van der Waals surface area contributed by atoms with Crippen LogP contribution in [0.15, 0.2) is 28.4 Å². The minimum Gasteiger partial charge on any atom is -0.418 e. The molecule has 0 aliphatic heterocycles. The van der Waals surface area contributed by atoms with Gasteiger partial charge in [-0.1, -0.05) is 71.6 Å². The Labute approximate surface area is 210 Å². The van der Waals surface area contributed by atoms with E-state index in [-0.39, 0.29) is 19.5 Å². The maximum Gasteiger partial charge on any atom is 1.00 e. The molecule has 0 aromatic carbocycles. The van der Waals surface area contributed by atoms with E-state index < -0.39 is 23.4 Å². The average molecular weight is 592 g/mol. The van der Waals surface area contributed by atoms with Crippen LogP contribution in [0.5, 0.6) is 0 Å². The predicted octanol–water partition coefficient (Wildman–Crippen LogP) is 8.54. The van der Waals surface area contributed by atoms with Crippen molar-refractivity contribution in [2.75, 3.05) is 0 Å². The molecule has 2 radical (unpaired) electrons. The summed E-state index contributed by atoms with van der Waals surface area (Å²) in [5, 5.41) is 0. The van der Waals surface area contributed by atoms with E-state index in [4.69, 9.17) is 0 Å². The van der Waals surface area contributed by atoms with E-state index in [9.17, 15) is 17.3 Å². The van der Waals surface area contributed by atoms with Crippen molar-refractivity contribution in [2.24, 2.45) is 0 Å². The zero-order valence-corrected chi connectivity index (χ0v) is 26.6. The molecule has 0 nitrogen and oxygen atoms in total. The summed E-state index contributed by atoms with van der Waals surface area (Å²) >= 11 is 0. The Morgan fingerprint density at radius 3 is 1.00 bits per heavy atom. The first-order valence-corrected chi connectivity index (χ1v) is 18.5. The van der Waals surface area contributed by atoms with E-state index in [1.54, 1.807) is 29.2 Å². The van der Waals surface area contributed by atoms with Gasteiger partial charge >= 0.3 is 26.7 Å². The van der Waals surface area contributed by atoms with Crippen LogP contribution in [0.25, 0.3) is 0 Å². The molecule has 32 heavy (non-hydrogen) atoms. The smallest absolute Gasteiger partial charge is 0.418 e. The molecule has 0 atom stereocenters. The summed E-state index contributed by atoms with van der Waals surface area (Å²) < 4.78 is 39.0.